The first-order valence-electron chi connectivity index (χ1n) is 6.23. The number of hydrogen-bond donors (Lipinski definition) is 3. The molecule has 0 aliphatic carbocycles. The molecule has 0 radical (unpaired) electrons. The summed E-state index contributed by atoms with van der Waals surface area (Å²) < 4.78 is 1.53. The van der Waals surface area contributed by atoms with Crippen LogP contribution in [-0.4, -0.2) is 58.5 Å². The summed E-state index contributed by atoms with van der Waals surface area (Å²) in [6.45, 7) is 4.72. The lowest BCUT2D eigenvalue weighted by atomic mass is 10.1. The maximum atomic E-state index is 12.1. The number of aliphatic hydroxyl groups is 1. The molecule has 1 amide bonds. The van der Waals surface area contributed by atoms with Gasteiger partial charge in [-0.25, -0.2) is 0 Å². The van der Waals surface area contributed by atoms with E-state index in [-0.39, 0.29) is 12.5 Å². The minimum absolute atomic E-state index is 0.151. The molecular formula is C12H23N5O2. The van der Waals surface area contributed by atoms with E-state index in [1.807, 2.05) is 25.9 Å². The molecule has 0 saturated heterocycles. The van der Waals surface area contributed by atoms with E-state index in [0.717, 1.165) is 0 Å². The Morgan fingerprint density at radius 1 is 1.63 bits per heavy atom. The third-order valence-corrected chi connectivity index (χ3v) is 2.67. The van der Waals surface area contributed by atoms with Gasteiger partial charge in [-0.05, 0) is 27.9 Å². The van der Waals surface area contributed by atoms with Crippen LogP contribution in [0.5, 0.6) is 0 Å². The van der Waals surface area contributed by atoms with Gasteiger partial charge in [-0.2, -0.15) is 5.10 Å². The summed E-state index contributed by atoms with van der Waals surface area (Å²) in [4.78, 5) is 13.9. The van der Waals surface area contributed by atoms with Crippen LogP contribution in [0.4, 0.5) is 5.69 Å². The lowest BCUT2D eigenvalue weighted by Gasteiger charge is -2.27. The number of amides is 1. The number of carbonyl (C=O) groups is 1. The number of nitrogens with zero attached hydrogens (tertiary/aromatic N) is 3. The normalized spacial score (nSPS) is 14.4. The third kappa shape index (κ3) is 4.22. The largest absolute Gasteiger partial charge is 0.396 e. The summed E-state index contributed by atoms with van der Waals surface area (Å²) in [5.74, 6) is -0.323. The van der Waals surface area contributed by atoms with E-state index in [2.05, 4.69) is 10.4 Å². The Balaban J connectivity index is 2.68. The van der Waals surface area contributed by atoms with E-state index < -0.39 is 5.60 Å². The van der Waals surface area contributed by atoms with Crippen molar-refractivity contribution in [3.63, 3.8) is 0 Å². The minimum atomic E-state index is -0.995. The first-order valence-corrected chi connectivity index (χ1v) is 6.23. The summed E-state index contributed by atoms with van der Waals surface area (Å²) >= 11 is 0. The first-order chi connectivity index (χ1) is 8.76. The van der Waals surface area contributed by atoms with Gasteiger partial charge in [-0.15, -0.1) is 0 Å². The summed E-state index contributed by atoms with van der Waals surface area (Å²) in [5.41, 5.74) is 5.40. The van der Waals surface area contributed by atoms with Gasteiger partial charge in [-0.1, -0.05) is 0 Å². The Morgan fingerprint density at radius 2 is 2.26 bits per heavy atom. The Bertz CT molecular complexity index is 439. The summed E-state index contributed by atoms with van der Waals surface area (Å²) in [5, 5.41) is 16.8. The molecule has 0 bridgehead atoms. The average Bonchev–Trinajstić information content (AvgIpc) is 2.66. The lowest BCUT2D eigenvalue weighted by Crippen LogP contribution is -2.47. The Morgan fingerprint density at radius 3 is 2.79 bits per heavy atom. The van der Waals surface area contributed by atoms with Crippen molar-refractivity contribution in [3.8, 4) is 0 Å². The molecule has 1 rings (SSSR count). The minimum Gasteiger partial charge on any atom is -0.396 e. The molecule has 108 valence electrons. The Hall–Kier alpha value is -1.60. The van der Waals surface area contributed by atoms with Gasteiger partial charge in [0.05, 0.1) is 17.5 Å². The molecule has 7 nitrogen and oxygen atoms in total. The predicted octanol–water partition coefficient (Wildman–Crippen LogP) is -0.472. The smallest absolute Gasteiger partial charge is 0.271 e. The topological polar surface area (TPSA) is 96.4 Å². The quantitative estimate of drug-likeness (QED) is 0.648. The summed E-state index contributed by atoms with van der Waals surface area (Å²) in [6, 6.07) is 0. The number of nitrogens with two attached hydrogens (primary N) is 1. The van der Waals surface area contributed by atoms with Crippen LogP contribution >= 0.6 is 0 Å². The highest BCUT2D eigenvalue weighted by molar-refractivity contribution is 5.97. The van der Waals surface area contributed by atoms with Crippen LogP contribution in [0.2, 0.25) is 0 Å². The van der Waals surface area contributed by atoms with Crippen LogP contribution in [0.1, 0.15) is 24.3 Å². The van der Waals surface area contributed by atoms with Crippen LogP contribution in [-0.2, 0) is 6.54 Å². The number of nitrogens with one attached hydrogen (secondary N) is 1. The molecule has 0 aliphatic heterocycles. The number of aryl methyl sites for hydroxylation is 1. The van der Waals surface area contributed by atoms with Gasteiger partial charge in [-0.3, -0.25) is 9.48 Å². The molecule has 4 N–H and O–H groups in total. The molecule has 7 heteroatoms. The molecule has 1 heterocycles. The van der Waals surface area contributed by atoms with Crippen molar-refractivity contribution in [1.82, 2.24) is 20.0 Å². The van der Waals surface area contributed by atoms with E-state index in [1.54, 1.807) is 6.92 Å². The van der Waals surface area contributed by atoms with Gasteiger partial charge >= 0.3 is 0 Å². The van der Waals surface area contributed by atoms with E-state index in [1.165, 1.54) is 10.9 Å². The molecule has 1 aromatic heterocycles. The van der Waals surface area contributed by atoms with Crippen LogP contribution in [0.3, 0.4) is 0 Å². The lowest BCUT2D eigenvalue weighted by molar-refractivity contribution is 0.0324. The molecule has 0 aromatic carbocycles. The van der Waals surface area contributed by atoms with Crippen molar-refractivity contribution >= 4 is 11.6 Å². The molecule has 1 unspecified atom stereocenters. The van der Waals surface area contributed by atoms with Gasteiger partial charge in [0.2, 0.25) is 0 Å². The van der Waals surface area contributed by atoms with Crippen LogP contribution in [0.25, 0.3) is 0 Å². The zero-order valence-electron chi connectivity index (χ0n) is 12.0. The molecular weight excluding hydrogens is 246 g/mol. The predicted molar refractivity (Wildman–Crippen MR) is 73.8 cm³/mol. The van der Waals surface area contributed by atoms with Crippen LogP contribution in [0.15, 0.2) is 6.20 Å². The van der Waals surface area contributed by atoms with Gasteiger partial charge in [0.15, 0.2) is 0 Å². The SMILES string of the molecule is CCn1ncc(N)c1C(=O)NCC(C)(O)CN(C)C. The highest BCUT2D eigenvalue weighted by atomic mass is 16.3. The number of carbonyl (C=O) groups excluding carboxylic acids is 1. The van der Waals surface area contributed by atoms with Gasteiger partial charge in [0.1, 0.15) is 5.69 Å². The number of rotatable bonds is 6. The maximum Gasteiger partial charge on any atom is 0.271 e. The average molecular weight is 269 g/mol. The van der Waals surface area contributed by atoms with Gasteiger partial charge in [0, 0.05) is 19.6 Å². The fourth-order valence-electron chi connectivity index (χ4n) is 1.98. The van der Waals surface area contributed by atoms with Crippen LogP contribution < -0.4 is 11.1 Å². The van der Waals surface area contributed by atoms with Crippen molar-refractivity contribution in [1.29, 1.82) is 0 Å². The van der Waals surface area contributed by atoms with Crippen molar-refractivity contribution in [2.24, 2.45) is 0 Å². The number of aromatic nitrogens is 2. The fourth-order valence-corrected chi connectivity index (χ4v) is 1.98. The van der Waals surface area contributed by atoms with Crippen molar-refractivity contribution < 1.29 is 9.90 Å². The van der Waals surface area contributed by atoms with E-state index in [9.17, 15) is 9.90 Å². The van der Waals surface area contributed by atoms with Crippen LogP contribution in [0, 0.1) is 0 Å². The zero-order chi connectivity index (χ0) is 14.6. The molecule has 0 aliphatic rings. The van der Waals surface area contributed by atoms with Gasteiger partial charge in [0.25, 0.3) is 5.91 Å². The van der Waals surface area contributed by atoms with Crippen molar-refractivity contribution in [2.75, 3.05) is 32.9 Å². The second-order valence-electron chi connectivity index (χ2n) is 5.18. The second kappa shape index (κ2) is 6.03. The molecule has 0 saturated carbocycles. The standard InChI is InChI=1S/C12H23N5O2/c1-5-17-10(9(13)6-15-17)11(18)14-7-12(2,19)8-16(3)4/h6,19H,5,7-8,13H2,1-4H3,(H,14,18). The number of anilines is 1. The van der Waals surface area contributed by atoms with E-state index in [0.29, 0.717) is 24.5 Å². The van der Waals surface area contributed by atoms with Gasteiger partial charge < -0.3 is 21.1 Å². The van der Waals surface area contributed by atoms with E-state index in [4.69, 9.17) is 5.73 Å². The fraction of sp³-hybridized carbons (Fsp3) is 0.667. The van der Waals surface area contributed by atoms with E-state index >= 15 is 0 Å². The zero-order valence-corrected chi connectivity index (χ0v) is 12.0. The third-order valence-electron chi connectivity index (χ3n) is 2.67. The first kappa shape index (κ1) is 15.5. The monoisotopic (exact) mass is 269 g/mol. The van der Waals surface area contributed by atoms with Crippen molar-refractivity contribution in [3.05, 3.63) is 11.9 Å². The molecule has 0 fully saturated rings. The maximum absolute atomic E-state index is 12.1. The number of nitrogen functional groups attached to an aromatic ring is 1. The molecule has 1 aromatic rings. The second-order valence-corrected chi connectivity index (χ2v) is 5.18. The number of hydrogen-bond acceptors (Lipinski definition) is 5. The molecule has 19 heavy (non-hydrogen) atoms. The molecule has 0 spiro atoms. The highest BCUT2D eigenvalue weighted by Gasteiger charge is 2.24. The Labute approximate surface area is 113 Å². The number of likely N-dealkylation sites (N-methyl/N-ethyl adjacent to an activating group) is 1. The summed E-state index contributed by atoms with van der Waals surface area (Å²) in [7, 11) is 3.72. The highest BCUT2D eigenvalue weighted by Crippen LogP contribution is 2.11. The van der Waals surface area contributed by atoms with Crippen molar-refractivity contribution in [2.45, 2.75) is 26.0 Å². The Kier molecular flexibility index (Phi) is 4.90. The molecule has 1 atom stereocenters. The summed E-state index contributed by atoms with van der Waals surface area (Å²) in [6.07, 6.45) is 1.45.